The molecule has 3 heteroatoms. The molecule has 1 radical (unpaired) electrons. The third kappa shape index (κ3) is 1.27. The molecule has 1 aliphatic heterocycles. The summed E-state index contributed by atoms with van der Waals surface area (Å²) in [5.41, 5.74) is 7.70. The zero-order valence-corrected chi connectivity index (χ0v) is 6.84. The van der Waals surface area contributed by atoms with Crippen molar-refractivity contribution in [1.82, 2.24) is 10.9 Å². The molecule has 0 bridgehead atoms. The highest BCUT2D eigenvalue weighted by Crippen LogP contribution is 2.19. The molecule has 1 aliphatic rings. The third-order valence-electron chi connectivity index (χ3n) is 1.49. The van der Waals surface area contributed by atoms with Gasteiger partial charge in [-0.05, 0) is 24.5 Å². The summed E-state index contributed by atoms with van der Waals surface area (Å²) >= 11 is 5.82. The first-order valence-electron chi connectivity index (χ1n) is 3.25. The molecule has 1 rings (SSSR count). The minimum Gasteiger partial charge on any atom is -0.298 e. The van der Waals surface area contributed by atoms with Crippen LogP contribution in [-0.2, 0) is 0 Å². The normalized spacial score (nSPS) is 17.7. The molecule has 1 heterocycles. The van der Waals surface area contributed by atoms with Gasteiger partial charge in [-0.1, -0.05) is 18.5 Å². The summed E-state index contributed by atoms with van der Waals surface area (Å²) in [4.78, 5) is 0. The van der Waals surface area contributed by atoms with Crippen LogP contribution in [0.1, 0.15) is 20.3 Å². The predicted molar refractivity (Wildman–Crippen MR) is 41.9 cm³/mol. The molecule has 0 aromatic rings. The number of allylic oxidation sites excluding steroid dienone is 2. The van der Waals surface area contributed by atoms with Crippen molar-refractivity contribution >= 4 is 11.6 Å². The summed E-state index contributed by atoms with van der Waals surface area (Å²) in [7, 11) is 0. The number of rotatable bonds is 1. The molecule has 0 unspecified atom stereocenters. The molecule has 0 saturated carbocycles. The van der Waals surface area contributed by atoms with E-state index in [4.69, 9.17) is 11.6 Å². The molecular weight excluding hydrogens is 148 g/mol. The maximum Gasteiger partial charge on any atom is 0.124 e. The van der Waals surface area contributed by atoms with Crippen LogP contribution >= 0.6 is 11.6 Å². The largest absolute Gasteiger partial charge is 0.298 e. The average molecular weight is 158 g/mol. The Labute approximate surface area is 65.9 Å². The number of halogens is 1. The molecule has 0 atom stereocenters. The molecule has 2 N–H and O–H groups in total. The van der Waals surface area contributed by atoms with Crippen LogP contribution in [0.15, 0.2) is 16.3 Å². The van der Waals surface area contributed by atoms with Crippen molar-refractivity contribution in [3.05, 3.63) is 22.5 Å². The standard InChI is InChI=1S/C7H10ClN2/c1-3-6-5(2)4-9-10-7(6)8/h9-10H,3H2,1-2H3. The molecular formula is C7H10ClN2. The van der Waals surface area contributed by atoms with E-state index in [1.165, 1.54) is 0 Å². The van der Waals surface area contributed by atoms with Crippen molar-refractivity contribution in [3.63, 3.8) is 0 Å². The van der Waals surface area contributed by atoms with E-state index in [2.05, 4.69) is 24.0 Å². The fraction of sp³-hybridized carbons (Fsp3) is 0.429. The first-order valence-corrected chi connectivity index (χ1v) is 3.63. The number of hydrogen-bond acceptors (Lipinski definition) is 2. The first-order chi connectivity index (χ1) is 4.75. The minimum absolute atomic E-state index is 0.679. The van der Waals surface area contributed by atoms with Crippen molar-refractivity contribution < 1.29 is 0 Å². The minimum atomic E-state index is 0.679. The van der Waals surface area contributed by atoms with Crippen LogP contribution in [0.2, 0.25) is 0 Å². The zero-order valence-electron chi connectivity index (χ0n) is 6.09. The lowest BCUT2D eigenvalue weighted by Gasteiger charge is -2.16. The SMILES string of the molecule is CCC1=C(Cl)NN[C]=C1C. The van der Waals surface area contributed by atoms with Crippen molar-refractivity contribution in [2.75, 3.05) is 0 Å². The maximum absolute atomic E-state index is 5.82. The van der Waals surface area contributed by atoms with Crippen LogP contribution in [0.25, 0.3) is 0 Å². The van der Waals surface area contributed by atoms with E-state index in [9.17, 15) is 0 Å². The maximum atomic E-state index is 5.82. The van der Waals surface area contributed by atoms with Crippen molar-refractivity contribution in [1.29, 1.82) is 0 Å². The van der Waals surface area contributed by atoms with Crippen LogP contribution in [-0.4, -0.2) is 0 Å². The van der Waals surface area contributed by atoms with Gasteiger partial charge in [0.05, 0.1) is 6.20 Å². The summed E-state index contributed by atoms with van der Waals surface area (Å²) in [5, 5.41) is 0.679. The molecule has 2 nitrogen and oxygen atoms in total. The second-order valence-corrected chi connectivity index (χ2v) is 2.52. The zero-order chi connectivity index (χ0) is 7.56. The molecule has 0 amide bonds. The van der Waals surface area contributed by atoms with Crippen LogP contribution < -0.4 is 10.9 Å². The summed E-state index contributed by atoms with van der Waals surface area (Å²) in [5.74, 6) is 0. The number of hydrogen-bond donors (Lipinski definition) is 2. The lowest BCUT2D eigenvalue weighted by Crippen LogP contribution is -2.29. The predicted octanol–water partition coefficient (Wildman–Crippen LogP) is 1.66. The third-order valence-corrected chi connectivity index (χ3v) is 1.82. The molecule has 0 aromatic heterocycles. The van der Waals surface area contributed by atoms with Gasteiger partial charge in [-0.15, -0.1) is 0 Å². The number of nitrogens with one attached hydrogen (secondary N) is 2. The van der Waals surface area contributed by atoms with Gasteiger partial charge in [0.1, 0.15) is 5.16 Å². The van der Waals surface area contributed by atoms with Gasteiger partial charge in [0.2, 0.25) is 0 Å². The lowest BCUT2D eigenvalue weighted by atomic mass is 10.1. The molecule has 55 valence electrons. The molecule has 0 fully saturated rings. The van der Waals surface area contributed by atoms with E-state index in [1.54, 1.807) is 0 Å². The van der Waals surface area contributed by atoms with Gasteiger partial charge >= 0.3 is 0 Å². The monoisotopic (exact) mass is 157 g/mol. The van der Waals surface area contributed by atoms with Crippen LogP contribution in [0, 0.1) is 6.20 Å². The Morgan fingerprint density at radius 1 is 1.60 bits per heavy atom. The fourth-order valence-corrected chi connectivity index (χ4v) is 1.24. The molecule has 0 spiro atoms. The van der Waals surface area contributed by atoms with Crippen molar-refractivity contribution in [2.45, 2.75) is 20.3 Å². The van der Waals surface area contributed by atoms with Gasteiger partial charge in [-0.2, -0.15) is 0 Å². The van der Waals surface area contributed by atoms with E-state index < -0.39 is 0 Å². The topological polar surface area (TPSA) is 24.1 Å². The van der Waals surface area contributed by atoms with E-state index in [0.717, 1.165) is 17.6 Å². The van der Waals surface area contributed by atoms with Gasteiger partial charge < -0.3 is 0 Å². The fourth-order valence-electron chi connectivity index (χ4n) is 0.916. The second kappa shape index (κ2) is 2.97. The average Bonchev–Trinajstić information content (AvgIpc) is 1.88. The van der Waals surface area contributed by atoms with E-state index in [1.807, 2.05) is 6.92 Å². The Bertz CT molecular complexity index is 194. The van der Waals surface area contributed by atoms with Crippen molar-refractivity contribution in [2.24, 2.45) is 0 Å². The van der Waals surface area contributed by atoms with Crippen LogP contribution in [0.5, 0.6) is 0 Å². The van der Waals surface area contributed by atoms with E-state index in [0.29, 0.717) is 5.16 Å². The smallest absolute Gasteiger partial charge is 0.124 e. The Morgan fingerprint density at radius 3 is 2.70 bits per heavy atom. The Balaban J connectivity index is 2.87. The van der Waals surface area contributed by atoms with Gasteiger partial charge in [0, 0.05) is 0 Å². The molecule has 0 saturated heterocycles. The van der Waals surface area contributed by atoms with E-state index >= 15 is 0 Å². The highest BCUT2D eigenvalue weighted by Gasteiger charge is 2.08. The van der Waals surface area contributed by atoms with Gasteiger partial charge in [-0.3, -0.25) is 10.9 Å². The Morgan fingerprint density at radius 2 is 2.30 bits per heavy atom. The summed E-state index contributed by atoms with van der Waals surface area (Å²) in [6, 6.07) is 0. The Hall–Kier alpha value is -0.630. The lowest BCUT2D eigenvalue weighted by molar-refractivity contribution is 0.705. The van der Waals surface area contributed by atoms with Gasteiger partial charge in [0.15, 0.2) is 0 Å². The Kier molecular flexibility index (Phi) is 2.22. The highest BCUT2D eigenvalue weighted by atomic mass is 35.5. The number of hydrazine groups is 1. The van der Waals surface area contributed by atoms with Crippen LogP contribution in [0.3, 0.4) is 0 Å². The second-order valence-electron chi connectivity index (χ2n) is 2.15. The van der Waals surface area contributed by atoms with Crippen molar-refractivity contribution in [3.8, 4) is 0 Å². The summed E-state index contributed by atoms with van der Waals surface area (Å²) in [6.07, 6.45) is 3.86. The summed E-state index contributed by atoms with van der Waals surface area (Å²) in [6.45, 7) is 4.05. The quantitative estimate of drug-likeness (QED) is 0.566. The van der Waals surface area contributed by atoms with Crippen LogP contribution in [0.4, 0.5) is 0 Å². The highest BCUT2D eigenvalue weighted by molar-refractivity contribution is 6.29. The van der Waals surface area contributed by atoms with E-state index in [-0.39, 0.29) is 0 Å². The van der Waals surface area contributed by atoms with Gasteiger partial charge in [0.25, 0.3) is 0 Å². The first kappa shape index (κ1) is 7.48. The summed E-state index contributed by atoms with van der Waals surface area (Å²) < 4.78 is 0. The molecule has 0 aliphatic carbocycles. The molecule has 10 heavy (non-hydrogen) atoms. The molecule has 0 aromatic carbocycles. The van der Waals surface area contributed by atoms with Gasteiger partial charge in [-0.25, -0.2) is 0 Å².